The number of ether oxygens (including phenoxy) is 1. The lowest BCUT2D eigenvalue weighted by Crippen LogP contribution is -2.48. The summed E-state index contributed by atoms with van der Waals surface area (Å²) in [6.45, 7) is 4.69. The second kappa shape index (κ2) is 6.35. The first-order valence-electron chi connectivity index (χ1n) is 6.79. The van der Waals surface area contributed by atoms with E-state index in [1.165, 1.54) is 6.26 Å². The molecule has 0 saturated heterocycles. The number of hydrogen-bond acceptors (Lipinski definition) is 4. The van der Waals surface area contributed by atoms with E-state index in [4.69, 9.17) is 4.74 Å². The molecule has 0 aromatic heterocycles. The van der Waals surface area contributed by atoms with Gasteiger partial charge in [0.2, 0.25) is 0 Å². The van der Waals surface area contributed by atoms with Crippen LogP contribution in [0.15, 0.2) is 0 Å². The summed E-state index contributed by atoms with van der Waals surface area (Å²) < 4.78 is 28.2. The van der Waals surface area contributed by atoms with Crippen molar-refractivity contribution in [2.75, 3.05) is 18.6 Å². The summed E-state index contributed by atoms with van der Waals surface area (Å²) in [5.41, 5.74) is -0.522. The Morgan fingerprint density at radius 2 is 1.94 bits per heavy atom. The van der Waals surface area contributed by atoms with Crippen LogP contribution in [0.4, 0.5) is 0 Å². The van der Waals surface area contributed by atoms with Crippen molar-refractivity contribution in [3.63, 3.8) is 0 Å². The first-order valence-corrected chi connectivity index (χ1v) is 8.85. The van der Waals surface area contributed by atoms with Gasteiger partial charge in [-0.25, -0.2) is 8.42 Å². The molecule has 0 aromatic rings. The predicted octanol–water partition coefficient (Wildman–Crippen LogP) is 1.77. The summed E-state index contributed by atoms with van der Waals surface area (Å²) in [5.74, 6) is 0.694. The van der Waals surface area contributed by atoms with Crippen LogP contribution in [0.2, 0.25) is 0 Å². The smallest absolute Gasteiger partial charge is 0.147 e. The Bertz CT molecular complexity index is 342. The molecule has 0 spiro atoms. The predicted molar refractivity (Wildman–Crippen MR) is 72.3 cm³/mol. The third-order valence-electron chi connectivity index (χ3n) is 3.92. The highest BCUT2D eigenvalue weighted by molar-refractivity contribution is 7.90. The van der Waals surface area contributed by atoms with Crippen LogP contribution in [0.1, 0.15) is 46.0 Å². The highest BCUT2D eigenvalue weighted by Crippen LogP contribution is 2.38. The van der Waals surface area contributed by atoms with Gasteiger partial charge >= 0.3 is 0 Å². The van der Waals surface area contributed by atoms with Crippen LogP contribution in [0.5, 0.6) is 0 Å². The summed E-state index contributed by atoms with van der Waals surface area (Å²) >= 11 is 0. The average molecular weight is 278 g/mol. The number of rotatable bonds is 6. The first-order chi connectivity index (χ1) is 8.29. The van der Waals surface area contributed by atoms with E-state index in [1.807, 2.05) is 6.92 Å². The molecule has 0 aliphatic heterocycles. The minimum atomic E-state index is -3.03. The van der Waals surface area contributed by atoms with Gasteiger partial charge in [0.25, 0.3) is 0 Å². The van der Waals surface area contributed by atoms with Crippen LogP contribution >= 0.6 is 0 Å². The molecule has 1 unspecified atom stereocenters. The molecule has 1 N–H and O–H groups in total. The van der Waals surface area contributed by atoms with Crippen molar-refractivity contribution in [1.29, 1.82) is 0 Å². The second-order valence-corrected chi connectivity index (χ2v) is 7.87. The summed E-state index contributed by atoms with van der Waals surface area (Å²) in [4.78, 5) is 0. The zero-order chi connectivity index (χ0) is 13.8. The van der Waals surface area contributed by atoms with E-state index in [0.29, 0.717) is 12.5 Å². The van der Waals surface area contributed by atoms with Gasteiger partial charge in [0, 0.05) is 12.9 Å². The molecule has 1 saturated carbocycles. The highest BCUT2D eigenvalue weighted by atomic mass is 32.2. The zero-order valence-electron chi connectivity index (χ0n) is 11.7. The van der Waals surface area contributed by atoms with Crippen molar-refractivity contribution in [3.8, 4) is 0 Å². The van der Waals surface area contributed by atoms with Crippen molar-refractivity contribution >= 4 is 9.84 Å². The van der Waals surface area contributed by atoms with Gasteiger partial charge in [0.05, 0.1) is 17.5 Å². The van der Waals surface area contributed by atoms with Crippen LogP contribution in [-0.4, -0.2) is 43.8 Å². The van der Waals surface area contributed by atoms with Crippen molar-refractivity contribution in [1.82, 2.24) is 0 Å². The standard InChI is InChI=1S/C13H26O4S/c1-4-17-13(8-5-11(2)6-9-13)12(14)7-10-18(3,15)16/h11-12,14H,4-10H2,1-3H3. The Balaban J connectivity index is 2.65. The summed E-state index contributed by atoms with van der Waals surface area (Å²) in [5, 5.41) is 10.3. The van der Waals surface area contributed by atoms with Crippen LogP contribution in [-0.2, 0) is 14.6 Å². The molecule has 0 aromatic carbocycles. The molecule has 4 nitrogen and oxygen atoms in total. The molecule has 1 aliphatic carbocycles. The molecule has 108 valence electrons. The third kappa shape index (κ3) is 4.52. The SMILES string of the molecule is CCOC1(C(O)CCS(C)(=O)=O)CCC(C)CC1. The van der Waals surface area contributed by atoms with E-state index in [-0.39, 0.29) is 12.2 Å². The summed E-state index contributed by atoms with van der Waals surface area (Å²) in [7, 11) is -3.03. The molecular formula is C13H26O4S. The quantitative estimate of drug-likeness (QED) is 0.804. The van der Waals surface area contributed by atoms with E-state index in [9.17, 15) is 13.5 Å². The maximum Gasteiger partial charge on any atom is 0.147 e. The summed E-state index contributed by atoms with van der Waals surface area (Å²) in [6.07, 6.45) is 4.52. The molecule has 0 radical (unpaired) electrons. The fraction of sp³-hybridized carbons (Fsp3) is 1.00. The topological polar surface area (TPSA) is 63.6 Å². The van der Waals surface area contributed by atoms with Gasteiger partial charge in [0.1, 0.15) is 9.84 Å². The zero-order valence-corrected chi connectivity index (χ0v) is 12.5. The Morgan fingerprint density at radius 1 is 1.39 bits per heavy atom. The molecule has 5 heteroatoms. The van der Waals surface area contributed by atoms with Gasteiger partial charge in [-0.2, -0.15) is 0 Å². The molecular weight excluding hydrogens is 252 g/mol. The van der Waals surface area contributed by atoms with E-state index in [2.05, 4.69) is 6.92 Å². The molecule has 0 bridgehead atoms. The van der Waals surface area contributed by atoms with E-state index < -0.39 is 21.5 Å². The minimum Gasteiger partial charge on any atom is -0.390 e. The van der Waals surface area contributed by atoms with Gasteiger partial charge in [-0.3, -0.25) is 0 Å². The lowest BCUT2D eigenvalue weighted by molar-refractivity contribution is -0.144. The molecule has 1 aliphatic rings. The van der Waals surface area contributed by atoms with Gasteiger partial charge in [-0.15, -0.1) is 0 Å². The van der Waals surface area contributed by atoms with Gasteiger partial charge in [0.15, 0.2) is 0 Å². The van der Waals surface area contributed by atoms with Crippen LogP contribution in [0.3, 0.4) is 0 Å². The number of aliphatic hydroxyl groups excluding tert-OH is 1. The van der Waals surface area contributed by atoms with E-state index in [0.717, 1.165) is 25.7 Å². The highest BCUT2D eigenvalue weighted by Gasteiger charge is 2.41. The fourth-order valence-corrected chi connectivity index (χ4v) is 3.35. The Labute approximate surface area is 111 Å². The number of hydrogen-bond donors (Lipinski definition) is 1. The first kappa shape index (κ1) is 15.9. The van der Waals surface area contributed by atoms with E-state index >= 15 is 0 Å². The lowest BCUT2D eigenvalue weighted by Gasteiger charge is -2.42. The van der Waals surface area contributed by atoms with Crippen molar-refractivity contribution < 1.29 is 18.3 Å². The fourth-order valence-electron chi connectivity index (χ4n) is 2.70. The third-order valence-corrected chi connectivity index (χ3v) is 4.90. The second-order valence-electron chi connectivity index (χ2n) is 5.61. The maximum absolute atomic E-state index is 11.2. The molecule has 18 heavy (non-hydrogen) atoms. The van der Waals surface area contributed by atoms with Gasteiger partial charge in [-0.1, -0.05) is 6.92 Å². The largest absolute Gasteiger partial charge is 0.390 e. The van der Waals surface area contributed by atoms with Gasteiger partial charge < -0.3 is 9.84 Å². The monoisotopic (exact) mass is 278 g/mol. The normalized spacial score (nSPS) is 31.2. The summed E-state index contributed by atoms with van der Waals surface area (Å²) in [6, 6.07) is 0. The molecule has 1 atom stereocenters. The van der Waals surface area contributed by atoms with E-state index in [1.54, 1.807) is 0 Å². The van der Waals surface area contributed by atoms with Crippen molar-refractivity contribution in [2.24, 2.45) is 5.92 Å². The molecule has 0 heterocycles. The maximum atomic E-state index is 11.2. The van der Waals surface area contributed by atoms with Crippen LogP contribution in [0, 0.1) is 5.92 Å². The number of sulfone groups is 1. The molecule has 1 rings (SSSR count). The van der Waals surface area contributed by atoms with Crippen molar-refractivity contribution in [2.45, 2.75) is 57.7 Å². The molecule has 0 amide bonds. The van der Waals surface area contributed by atoms with Crippen LogP contribution < -0.4 is 0 Å². The lowest BCUT2D eigenvalue weighted by atomic mass is 9.75. The van der Waals surface area contributed by atoms with Gasteiger partial charge in [-0.05, 0) is 44.9 Å². The number of aliphatic hydroxyl groups is 1. The average Bonchev–Trinajstić information content (AvgIpc) is 2.28. The van der Waals surface area contributed by atoms with Crippen LogP contribution in [0.25, 0.3) is 0 Å². The molecule has 1 fully saturated rings. The Morgan fingerprint density at radius 3 is 2.39 bits per heavy atom. The Hall–Kier alpha value is -0.130. The minimum absolute atomic E-state index is 0.0263. The van der Waals surface area contributed by atoms with Crippen molar-refractivity contribution in [3.05, 3.63) is 0 Å². The Kier molecular flexibility index (Phi) is 5.62.